The maximum Gasteiger partial charge on any atom is 0.242 e. The molecule has 1 fully saturated rings. The molecule has 1 atom stereocenters. The third kappa shape index (κ3) is 3.61. The molecule has 7 nitrogen and oxygen atoms in total. The second-order valence-electron chi connectivity index (χ2n) is 6.08. The van der Waals surface area contributed by atoms with E-state index in [0.29, 0.717) is 17.5 Å². The molecule has 3 rings (SSSR count). The standard InChI is InChI=1S/C16H23N5O2/c1-3-14(16(22)19-15-8-11(2)23-20-15)21-6-4-12(5-7-21)13-9-17-18-10-13/h8-10,12,14H,3-7H2,1-2H3,(H,17,18)(H,19,20,22)/t14-/m1/s1. The Morgan fingerprint density at radius 3 is 2.87 bits per heavy atom. The number of likely N-dealkylation sites (tertiary alicyclic amines) is 1. The van der Waals surface area contributed by atoms with Gasteiger partial charge in [-0.3, -0.25) is 14.8 Å². The lowest BCUT2D eigenvalue weighted by Crippen LogP contribution is -2.47. The second kappa shape index (κ2) is 6.95. The van der Waals surface area contributed by atoms with Crippen molar-refractivity contribution >= 4 is 11.7 Å². The van der Waals surface area contributed by atoms with Gasteiger partial charge < -0.3 is 9.84 Å². The second-order valence-corrected chi connectivity index (χ2v) is 6.08. The van der Waals surface area contributed by atoms with Crippen LogP contribution in [0.3, 0.4) is 0 Å². The van der Waals surface area contributed by atoms with Gasteiger partial charge in [-0.25, -0.2) is 0 Å². The smallest absolute Gasteiger partial charge is 0.242 e. The third-order valence-electron chi connectivity index (χ3n) is 4.53. The molecule has 23 heavy (non-hydrogen) atoms. The fourth-order valence-corrected chi connectivity index (χ4v) is 3.27. The number of nitrogens with zero attached hydrogens (tertiary/aromatic N) is 3. The quantitative estimate of drug-likeness (QED) is 0.883. The molecule has 2 aromatic rings. The van der Waals surface area contributed by atoms with Crippen LogP contribution in [0.2, 0.25) is 0 Å². The van der Waals surface area contributed by atoms with E-state index < -0.39 is 0 Å². The van der Waals surface area contributed by atoms with Crippen LogP contribution in [0.4, 0.5) is 5.82 Å². The number of nitrogens with one attached hydrogen (secondary N) is 2. The number of rotatable bonds is 5. The van der Waals surface area contributed by atoms with Gasteiger partial charge in [0.25, 0.3) is 0 Å². The number of piperidine rings is 1. The Labute approximate surface area is 135 Å². The zero-order chi connectivity index (χ0) is 16.2. The lowest BCUT2D eigenvalue weighted by Gasteiger charge is -2.36. The molecular formula is C16H23N5O2. The monoisotopic (exact) mass is 317 g/mol. The number of amides is 1. The van der Waals surface area contributed by atoms with Crippen LogP contribution in [0.15, 0.2) is 23.0 Å². The summed E-state index contributed by atoms with van der Waals surface area (Å²) >= 11 is 0. The van der Waals surface area contributed by atoms with Crippen molar-refractivity contribution in [2.45, 2.75) is 45.1 Å². The zero-order valence-electron chi connectivity index (χ0n) is 13.6. The molecule has 0 bridgehead atoms. The molecule has 1 aliphatic heterocycles. The molecule has 124 valence electrons. The Kier molecular flexibility index (Phi) is 4.76. The molecule has 3 heterocycles. The SMILES string of the molecule is CC[C@H](C(=O)Nc1cc(C)on1)N1CCC(c2cn[nH]c2)CC1. The van der Waals surface area contributed by atoms with Gasteiger partial charge in [-0.1, -0.05) is 12.1 Å². The van der Waals surface area contributed by atoms with E-state index in [2.05, 4.69) is 25.6 Å². The van der Waals surface area contributed by atoms with E-state index in [9.17, 15) is 4.79 Å². The van der Waals surface area contributed by atoms with E-state index in [-0.39, 0.29) is 11.9 Å². The first-order chi connectivity index (χ1) is 11.2. The summed E-state index contributed by atoms with van der Waals surface area (Å²) in [7, 11) is 0. The molecule has 0 spiro atoms. The van der Waals surface area contributed by atoms with E-state index in [0.717, 1.165) is 32.4 Å². The van der Waals surface area contributed by atoms with E-state index in [1.54, 1.807) is 13.0 Å². The summed E-state index contributed by atoms with van der Waals surface area (Å²) in [6.45, 7) is 5.68. The summed E-state index contributed by atoms with van der Waals surface area (Å²) in [5, 5.41) is 13.6. The van der Waals surface area contributed by atoms with Gasteiger partial charge in [0.1, 0.15) is 5.76 Å². The molecule has 0 aromatic carbocycles. The molecule has 0 radical (unpaired) electrons. The van der Waals surface area contributed by atoms with Crippen molar-refractivity contribution in [3.8, 4) is 0 Å². The van der Waals surface area contributed by atoms with Crippen molar-refractivity contribution in [1.29, 1.82) is 0 Å². The Balaban J connectivity index is 1.57. The number of H-pyrrole nitrogens is 1. The third-order valence-corrected chi connectivity index (χ3v) is 4.53. The predicted molar refractivity (Wildman–Crippen MR) is 86.1 cm³/mol. The Hall–Kier alpha value is -2.15. The Morgan fingerprint density at radius 1 is 1.52 bits per heavy atom. The highest BCUT2D eigenvalue weighted by Crippen LogP contribution is 2.28. The topological polar surface area (TPSA) is 87.1 Å². The molecule has 0 saturated carbocycles. The van der Waals surface area contributed by atoms with Crippen molar-refractivity contribution < 1.29 is 9.32 Å². The van der Waals surface area contributed by atoms with Gasteiger partial charge in [0, 0.05) is 12.3 Å². The van der Waals surface area contributed by atoms with Gasteiger partial charge in [0.15, 0.2) is 5.82 Å². The van der Waals surface area contributed by atoms with Crippen LogP contribution in [0, 0.1) is 6.92 Å². The van der Waals surface area contributed by atoms with Crippen molar-refractivity contribution in [2.24, 2.45) is 0 Å². The fraction of sp³-hybridized carbons (Fsp3) is 0.562. The van der Waals surface area contributed by atoms with E-state index in [4.69, 9.17) is 4.52 Å². The maximum absolute atomic E-state index is 12.5. The minimum Gasteiger partial charge on any atom is -0.360 e. The van der Waals surface area contributed by atoms with Crippen LogP contribution in [0.1, 0.15) is 43.4 Å². The van der Waals surface area contributed by atoms with Crippen molar-refractivity contribution in [1.82, 2.24) is 20.3 Å². The molecule has 7 heteroatoms. The summed E-state index contributed by atoms with van der Waals surface area (Å²) in [4.78, 5) is 14.8. The lowest BCUT2D eigenvalue weighted by molar-refractivity contribution is -0.121. The number of hydrogen-bond donors (Lipinski definition) is 2. The van der Waals surface area contributed by atoms with Crippen molar-refractivity contribution in [3.05, 3.63) is 29.8 Å². The first-order valence-corrected chi connectivity index (χ1v) is 8.14. The summed E-state index contributed by atoms with van der Waals surface area (Å²) in [5.74, 6) is 1.69. The number of carbonyl (C=O) groups is 1. The number of hydrogen-bond acceptors (Lipinski definition) is 5. The Bertz CT molecular complexity index is 629. The summed E-state index contributed by atoms with van der Waals surface area (Å²) < 4.78 is 4.99. The first-order valence-electron chi connectivity index (χ1n) is 8.14. The van der Waals surface area contributed by atoms with Crippen LogP contribution < -0.4 is 5.32 Å². The van der Waals surface area contributed by atoms with Gasteiger partial charge in [-0.2, -0.15) is 5.10 Å². The van der Waals surface area contributed by atoms with Gasteiger partial charge in [-0.15, -0.1) is 0 Å². The van der Waals surface area contributed by atoms with Crippen molar-refractivity contribution in [3.63, 3.8) is 0 Å². The molecule has 1 aliphatic rings. The lowest BCUT2D eigenvalue weighted by atomic mass is 9.90. The highest BCUT2D eigenvalue weighted by molar-refractivity contribution is 5.94. The number of aromatic nitrogens is 3. The molecule has 2 N–H and O–H groups in total. The maximum atomic E-state index is 12.5. The summed E-state index contributed by atoms with van der Waals surface area (Å²) in [5.41, 5.74) is 1.26. The number of aryl methyl sites for hydroxylation is 1. The number of aromatic amines is 1. The fourth-order valence-electron chi connectivity index (χ4n) is 3.27. The zero-order valence-corrected chi connectivity index (χ0v) is 13.6. The van der Waals surface area contributed by atoms with Crippen LogP contribution >= 0.6 is 0 Å². The molecule has 1 saturated heterocycles. The molecule has 0 unspecified atom stereocenters. The minimum absolute atomic E-state index is 0.0115. The van der Waals surface area contributed by atoms with E-state index in [1.165, 1.54) is 5.56 Å². The number of anilines is 1. The summed E-state index contributed by atoms with van der Waals surface area (Å²) in [6, 6.07) is 1.60. The Morgan fingerprint density at radius 2 is 2.30 bits per heavy atom. The van der Waals surface area contributed by atoms with E-state index >= 15 is 0 Å². The van der Waals surface area contributed by atoms with Gasteiger partial charge in [0.05, 0.1) is 12.2 Å². The van der Waals surface area contributed by atoms with Gasteiger partial charge in [0.2, 0.25) is 5.91 Å². The average molecular weight is 317 g/mol. The van der Waals surface area contributed by atoms with Crippen molar-refractivity contribution in [2.75, 3.05) is 18.4 Å². The number of carbonyl (C=O) groups excluding carboxylic acids is 1. The average Bonchev–Trinajstić information content (AvgIpc) is 3.21. The highest BCUT2D eigenvalue weighted by atomic mass is 16.5. The molecule has 0 aliphatic carbocycles. The minimum atomic E-state index is -0.127. The van der Waals surface area contributed by atoms with Gasteiger partial charge in [-0.05, 0) is 50.8 Å². The summed E-state index contributed by atoms with van der Waals surface area (Å²) in [6.07, 6.45) is 6.74. The first kappa shape index (κ1) is 15.7. The highest BCUT2D eigenvalue weighted by Gasteiger charge is 2.29. The molecule has 1 amide bonds. The van der Waals surface area contributed by atoms with E-state index in [1.807, 2.05) is 19.3 Å². The molecule has 2 aromatic heterocycles. The normalized spacial score (nSPS) is 18.0. The van der Waals surface area contributed by atoms with Crippen LogP contribution in [-0.2, 0) is 4.79 Å². The van der Waals surface area contributed by atoms with Crippen LogP contribution in [0.25, 0.3) is 0 Å². The van der Waals surface area contributed by atoms with Crippen LogP contribution in [-0.4, -0.2) is 45.3 Å². The van der Waals surface area contributed by atoms with Crippen LogP contribution in [0.5, 0.6) is 0 Å². The van der Waals surface area contributed by atoms with Gasteiger partial charge >= 0.3 is 0 Å². The predicted octanol–water partition coefficient (Wildman–Crippen LogP) is 2.30. The molecular weight excluding hydrogens is 294 g/mol. The largest absolute Gasteiger partial charge is 0.360 e.